The molecule has 3 aliphatic rings. The third-order valence-corrected chi connectivity index (χ3v) is 6.95. The van der Waals surface area contributed by atoms with Gasteiger partial charge in [0.25, 0.3) is 0 Å². The quantitative estimate of drug-likeness (QED) is 0.847. The average molecular weight is 349 g/mol. The van der Waals surface area contributed by atoms with E-state index >= 15 is 0 Å². The van der Waals surface area contributed by atoms with Crippen LogP contribution in [0.25, 0.3) is 0 Å². The Morgan fingerprint density at radius 1 is 1.21 bits per heavy atom. The van der Waals surface area contributed by atoms with Crippen molar-refractivity contribution in [3.8, 4) is 0 Å². The number of hydrogen-bond acceptors (Lipinski definition) is 4. The molecular weight excluding hydrogens is 326 g/mol. The molecule has 0 unspecified atom stereocenters. The van der Waals surface area contributed by atoms with Gasteiger partial charge in [-0.25, -0.2) is 13.1 Å². The summed E-state index contributed by atoms with van der Waals surface area (Å²) in [5, 5.41) is 7.66. The molecule has 1 aromatic rings. The van der Waals surface area contributed by atoms with Crippen molar-refractivity contribution in [2.75, 3.05) is 16.8 Å². The van der Waals surface area contributed by atoms with Crippen molar-refractivity contribution < 1.29 is 13.2 Å². The lowest BCUT2D eigenvalue weighted by Gasteiger charge is -2.19. The Hall–Kier alpha value is -1.63. The molecule has 2 fully saturated rings. The summed E-state index contributed by atoms with van der Waals surface area (Å²) in [5.41, 5.74) is 0.984. The fourth-order valence-corrected chi connectivity index (χ4v) is 5.28. The summed E-state index contributed by atoms with van der Waals surface area (Å²) in [6, 6.07) is 1.78. The minimum atomic E-state index is -2.99. The molecule has 1 aromatic heterocycles. The van der Waals surface area contributed by atoms with Crippen LogP contribution in [0.15, 0.2) is 18.2 Å². The van der Waals surface area contributed by atoms with Crippen molar-refractivity contribution in [3.63, 3.8) is 0 Å². The topological polar surface area (TPSA) is 81.1 Å². The highest BCUT2D eigenvalue weighted by Crippen LogP contribution is 2.41. The van der Waals surface area contributed by atoms with E-state index in [0.717, 1.165) is 37.8 Å². The van der Waals surface area contributed by atoms with Crippen LogP contribution < -0.4 is 5.32 Å². The Balaban J connectivity index is 1.56. The fourth-order valence-electron chi connectivity index (χ4n) is 3.59. The minimum Gasteiger partial charge on any atom is -0.311 e. The lowest BCUT2D eigenvalue weighted by atomic mass is 9.94. The van der Waals surface area contributed by atoms with Crippen LogP contribution in [0.5, 0.6) is 0 Å². The van der Waals surface area contributed by atoms with E-state index in [1.165, 1.54) is 0 Å². The van der Waals surface area contributed by atoms with E-state index in [9.17, 15) is 13.2 Å². The van der Waals surface area contributed by atoms with E-state index in [0.29, 0.717) is 18.2 Å². The van der Waals surface area contributed by atoms with Gasteiger partial charge in [0.05, 0.1) is 23.2 Å². The summed E-state index contributed by atoms with van der Waals surface area (Å²) in [4.78, 5) is 12.6. The number of rotatable bonds is 4. The van der Waals surface area contributed by atoms with E-state index < -0.39 is 9.84 Å². The fraction of sp³-hybridized carbons (Fsp3) is 0.647. The third-order valence-electron chi connectivity index (χ3n) is 5.20. The van der Waals surface area contributed by atoms with Gasteiger partial charge in [0.15, 0.2) is 9.84 Å². The average Bonchev–Trinajstić information content (AvgIpc) is 3.24. The Labute approximate surface area is 142 Å². The number of carbonyl (C=O) groups is 1. The normalized spacial score (nSPS) is 28.8. The van der Waals surface area contributed by atoms with E-state index in [2.05, 4.69) is 22.6 Å². The Kier molecular flexibility index (Phi) is 3.98. The van der Waals surface area contributed by atoms with Gasteiger partial charge in [-0.3, -0.25) is 4.79 Å². The van der Waals surface area contributed by atoms with Gasteiger partial charge in [0.2, 0.25) is 5.91 Å². The summed E-state index contributed by atoms with van der Waals surface area (Å²) in [6.07, 6.45) is 9.57. The lowest BCUT2D eigenvalue weighted by molar-refractivity contribution is -0.120. The molecule has 1 amide bonds. The zero-order valence-electron chi connectivity index (χ0n) is 13.6. The molecule has 1 aliphatic heterocycles. The van der Waals surface area contributed by atoms with Gasteiger partial charge in [-0.05, 0) is 38.5 Å². The molecule has 24 heavy (non-hydrogen) atoms. The molecule has 0 aromatic carbocycles. The first-order chi connectivity index (χ1) is 11.5. The van der Waals surface area contributed by atoms with Crippen LogP contribution in [0.1, 0.15) is 56.2 Å². The van der Waals surface area contributed by atoms with Crippen LogP contribution in [0, 0.1) is 5.92 Å². The number of anilines is 1. The largest absolute Gasteiger partial charge is 0.311 e. The molecule has 1 saturated carbocycles. The number of hydrogen-bond donors (Lipinski definition) is 1. The van der Waals surface area contributed by atoms with E-state index in [4.69, 9.17) is 0 Å². The van der Waals surface area contributed by atoms with Crippen LogP contribution in [-0.4, -0.2) is 35.6 Å². The first-order valence-electron chi connectivity index (χ1n) is 8.77. The molecule has 0 spiro atoms. The predicted octanol–water partition coefficient (Wildman–Crippen LogP) is 2.41. The summed E-state index contributed by atoms with van der Waals surface area (Å²) >= 11 is 0. The van der Waals surface area contributed by atoms with E-state index in [1.807, 2.05) is 6.07 Å². The molecule has 2 aliphatic carbocycles. The summed E-state index contributed by atoms with van der Waals surface area (Å²) in [6.45, 7) is 0. The Morgan fingerprint density at radius 2 is 2.04 bits per heavy atom. The minimum absolute atomic E-state index is 0.00460. The highest BCUT2D eigenvalue weighted by atomic mass is 32.2. The third kappa shape index (κ3) is 3.27. The number of allylic oxidation sites excluding steroid dienone is 2. The number of nitrogens with zero attached hydrogens (tertiary/aromatic N) is 2. The highest BCUT2D eigenvalue weighted by molar-refractivity contribution is 7.91. The highest BCUT2D eigenvalue weighted by Gasteiger charge is 2.34. The van der Waals surface area contributed by atoms with Crippen molar-refractivity contribution in [3.05, 3.63) is 23.9 Å². The van der Waals surface area contributed by atoms with Crippen molar-refractivity contribution in [2.24, 2.45) is 5.92 Å². The second-order valence-corrected chi connectivity index (χ2v) is 9.43. The number of sulfone groups is 1. The second-order valence-electron chi connectivity index (χ2n) is 7.20. The molecule has 0 bridgehead atoms. The van der Waals surface area contributed by atoms with Gasteiger partial charge in [0.1, 0.15) is 5.82 Å². The Morgan fingerprint density at radius 3 is 2.67 bits per heavy atom. The van der Waals surface area contributed by atoms with Crippen LogP contribution in [-0.2, 0) is 14.6 Å². The van der Waals surface area contributed by atoms with Gasteiger partial charge in [0, 0.05) is 17.9 Å². The van der Waals surface area contributed by atoms with Crippen molar-refractivity contribution in [1.82, 2.24) is 9.78 Å². The lowest BCUT2D eigenvalue weighted by Crippen LogP contribution is -2.26. The van der Waals surface area contributed by atoms with Crippen LogP contribution >= 0.6 is 0 Å². The zero-order valence-corrected chi connectivity index (χ0v) is 14.5. The monoisotopic (exact) mass is 349 g/mol. The van der Waals surface area contributed by atoms with Gasteiger partial charge in [-0.15, -0.1) is 0 Å². The second kappa shape index (κ2) is 6.02. The maximum absolute atomic E-state index is 12.6. The maximum atomic E-state index is 12.6. The molecule has 1 N–H and O–H groups in total. The molecule has 2 atom stereocenters. The van der Waals surface area contributed by atoms with Crippen LogP contribution in [0.2, 0.25) is 0 Å². The molecule has 6 nitrogen and oxygen atoms in total. The molecule has 7 heteroatoms. The smallest absolute Gasteiger partial charge is 0.228 e. The standard InChI is InChI=1S/C17H23N3O3S/c21-17(13-4-2-1-3-5-13)18-16-10-15(12-6-7-12)19-20(16)14-8-9-24(22,23)11-14/h1-2,10,12-14H,3-9,11H2,(H,18,21)/t13-,14-/m0/s1. The van der Waals surface area contributed by atoms with Crippen LogP contribution in [0.3, 0.4) is 0 Å². The maximum Gasteiger partial charge on any atom is 0.228 e. The van der Waals surface area contributed by atoms with E-state index in [-0.39, 0.29) is 29.4 Å². The van der Waals surface area contributed by atoms with Gasteiger partial charge >= 0.3 is 0 Å². The number of amides is 1. The number of aromatic nitrogens is 2. The van der Waals surface area contributed by atoms with Gasteiger partial charge in [-0.2, -0.15) is 5.10 Å². The first-order valence-corrected chi connectivity index (χ1v) is 10.6. The predicted molar refractivity (Wildman–Crippen MR) is 91.6 cm³/mol. The molecule has 0 radical (unpaired) electrons. The van der Waals surface area contributed by atoms with E-state index in [1.54, 1.807) is 4.68 Å². The molecule has 130 valence electrons. The first kappa shape index (κ1) is 15.9. The van der Waals surface area contributed by atoms with Crippen LogP contribution in [0.4, 0.5) is 5.82 Å². The van der Waals surface area contributed by atoms with Crippen molar-refractivity contribution in [1.29, 1.82) is 0 Å². The number of nitrogens with one attached hydrogen (secondary N) is 1. The van der Waals surface area contributed by atoms with Crippen molar-refractivity contribution >= 4 is 21.6 Å². The zero-order chi connectivity index (χ0) is 16.7. The summed E-state index contributed by atoms with van der Waals surface area (Å²) in [5.74, 6) is 1.47. The molecule has 4 rings (SSSR count). The SMILES string of the molecule is O=C(Nc1cc(C2CC2)nn1[C@H]1CCS(=O)(=O)C1)[C@H]1CC=CCC1. The molecular formula is C17H23N3O3S. The number of carbonyl (C=O) groups excluding carboxylic acids is 1. The summed E-state index contributed by atoms with van der Waals surface area (Å²) in [7, 11) is -2.99. The Bertz CT molecular complexity index is 777. The molecule has 1 saturated heterocycles. The summed E-state index contributed by atoms with van der Waals surface area (Å²) < 4.78 is 25.4. The molecule has 2 heterocycles. The van der Waals surface area contributed by atoms with Gasteiger partial charge < -0.3 is 5.32 Å². The van der Waals surface area contributed by atoms with Gasteiger partial charge in [-0.1, -0.05) is 12.2 Å². The van der Waals surface area contributed by atoms with Crippen molar-refractivity contribution in [2.45, 2.75) is 50.5 Å².